The SMILES string of the molecule is Cc1cccc(C)c1N(CC(=O)N(Cc1ccc(Cl)c(Cl)c1)C(Cc1ccccc1)C(=O)NC1CCCCC1)S(C)(=O)=O. The molecule has 1 saturated carbocycles. The Hall–Kier alpha value is -3.07. The summed E-state index contributed by atoms with van der Waals surface area (Å²) >= 11 is 12.5. The summed E-state index contributed by atoms with van der Waals surface area (Å²) in [5.74, 6) is -0.763. The van der Waals surface area contributed by atoms with Crippen LogP contribution in [0.5, 0.6) is 0 Å². The Balaban J connectivity index is 1.76. The summed E-state index contributed by atoms with van der Waals surface area (Å²) in [4.78, 5) is 29.9. The summed E-state index contributed by atoms with van der Waals surface area (Å²) in [6, 6.07) is 19.2. The predicted molar refractivity (Wildman–Crippen MR) is 174 cm³/mol. The third-order valence-electron chi connectivity index (χ3n) is 7.93. The monoisotopic (exact) mass is 643 g/mol. The molecule has 1 fully saturated rings. The highest BCUT2D eigenvalue weighted by atomic mass is 35.5. The minimum atomic E-state index is -3.86. The number of para-hydroxylation sites is 1. The molecule has 230 valence electrons. The number of hydrogen-bond acceptors (Lipinski definition) is 4. The standard InChI is InChI=1S/C33H39Cl2N3O4S/c1-23-11-10-12-24(2)32(23)38(43(3,41)42)22-31(39)37(21-26-17-18-28(34)29(35)19-26)30(20-25-13-6-4-7-14-25)33(40)36-27-15-8-5-9-16-27/h4,6-7,10-14,17-19,27,30H,5,8-9,15-16,20-22H2,1-3H3,(H,36,40). The van der Waals surface area contributed by atoms with Gasteiger partial charge in [0.25, 0.3) is 0 Å². The number of halogens is 2. The molecule has 7 nitrogen and oxygen atoms in total. The number of benzene rings is 3. The van der Waals surface area contributed by atoms with Crippen LogP contribution in [0.3, 0.4) is 0 Å². The van der Waals surface area contributed by atoms with Crippen LogP contribution in [0.25, 0.3) is 0 Å². The van der Waals surface area contributed by atoms with Crippen LogP contribution in [-0.4, -0.2) is 50.0 Å². The van der Waals surface area contributed by atoms with E-state index in [1.807, 2.05) is 62.4 Å². The molecule has 0 aliphatic heterocycles. The number of sulfonamides is 1. The van der Waals surface area contributed by atoms with E-state index in [0.717, 1.165) is 59.4 Å². The zero-order valence-electron chi connectivity index (χ0n) is 24.9. The largest absolute Gasteiger partial charge is 0.352 e. The molecule has 1 aliphatic rings. The van der Waals surface area contributed by atoms with E-state index in [1.54, 1.807) is 18.2 Å². The Kier molecular flexibility index (Phi) is 11.2. The Morgan fingerprint density at radius 2 is 1.53 bits per heavy atom. The molecule has 0 heterocycles. The number of carbonyl (C=O) groups excluding carboxylic acids is 2. The first-order valence-corrected chi connectivity index (χ1v) is 17.2. The fourth-order valence-electron chi connectivity index (χ4n) is 5.71. The van der Waals surface area contributed by atoms with Gasteiger partial charge in [0.15, 0.2) is 0 Å². The van der Waals surface area contributed by atoms with Gasteiger partial charge in [0.05, 0.1) is 22.0 Å². The smallest absolute Gasteiger partial charge is 0.244 e. The third-order valence-corrected chi connectivity index (χ3v) is 9.78. The molecule has 0 bridgehead atoms. The number of rotatable bonds is 11. The van der Waals surface area contributed by atoms with Crippen LogP contribution >= 0.6 is 23.2 Å². The van der Waals surface area contributed by atoms with E-state index in [9.17, 15) is 18.0 Å². The van der Waals surface area contributed by atoms with E-state index in [0.29, 0.717) is 21.3 Å². The van der Waals surface area contributed by atoms with E-state index in [2.05, 4.69) is 5.32 Å². The fraction of sp³-hybridized carbons (Fsp3) is 0.394. The molecule has 0 aromatic heterocycles. The topological polar surface area (TPSA) is 86.8 Å². The van der Waals surface area contributed by atoms with Crippen LogP contribution in [0.1, 0.15) is 54.4 Å². The first-order valence-electron chi connectivity index (χ1n) is 14.6. The Bertz CT molecular complexity index is 1520. The van der Waals surface area contributed by atoms with Crippen LogP contribution in [-0.2, 0) is 32.6 Å². The van der Waals surface area contributed by atoms with E-state index in [1.165, 1.54) is 4.90 Å². The third kappa shape index (κ3) is 8.74. The number of aryl methyl sites for hydroxylation is 2. The number of amides is 2. The fourth-order valence-corrected chi connectivity index (χ4v) is 6.99. The Labute approximate surface area is 265 Å². The molecule has 4 rings (SSSR count). The summed E-state index contributed by atoms with van der Waals surface area (Å²) in [7, 11) is -3.86. The number of hydrogen-bond donors (Lipinski definition) is 1. The zero-order valence-corrected chi connectivity index (χ0v) is 27.2. The van der Waals surface area contributed by atoms with Gasteiger partial charge in [-0.25, -0.2) is 8.42 Å². The molecule has 3 aromatic rings. The molecule has 10 heteroatoms. The minimum absolute atomic E-state index is 0.0311. The summed E-state index contributed by atoms with van der Waals surface area (Å²) in [6.45, 7) is 3.20. The number of nitrogens with one attached hydrogen (secondary N) is 1. The van der Waals surface area contributed by atoms with E-state index >= 15 is 0 Å². The van der Waals surface area contributed by atoms with Gasteiger partial charge < -0.3 is 10.2 Å². The molecule has 0 radical (unpaired) electrons. The lowest BCUT2D eigenvalue weighted by molar-refractivity contribution is -0.140. The average molecular weight is 645 g/mol. The second kappa shape index (κ2) is 14.6. The number of nitrogens with zero attached hydrogens (tertiary/aromatic N) is 2. The second-order valence-corrected chi connectivity index (χ2v) is 14.1. The van der Waals surface area contributed by atoms with Crippen LogP contribution in [0, 0.1) is 13.8 Å². The number of anilines is 1. The maximum atomic E-state index is 14.4. The van der Waals surface area contributed by atoms with Crippen molar-refractivity contribution >= 4 is 50.7 Å². The van der Waals surface area contributed by atoms with Gasteiger partial charge in [-0.05, 0) is 61.1 Å². The predicted octanol–water partition coefficient (Wildman–Crippen LogP) is 6.47. The lowest BCUT2D eigenvalue weighted by Gasteiger charge is -2.35. The van der Waals surface area contributed by atoms with Crippen LogP contribution in [0.2, 0.25) is 10.0 Å². The van der Waals surface area contributed by atoms with Crippen molar-refractivity contribution in [3.8, 4) is 0 Å². The minimum Gasteiger partial charge on any atom is -0.352 e. The molecule has 1 N–H and O–H groups in total. The van der Waals surface area contributed by atoms with Crippen molar-refractivity contribution in [1.82, 2.24) is 10.2 Å². The molecule has 43 heavy (non-hydrogen) atoms. The van der Waals surface area contributed by atoms with Crippen molar-refractivity contribution in [1.29, 1.82) is 0 Å². The highest BCUT2D eigenvalue weighted by molar-refractivity contribution is 7.92. The molecule has 0 spiro atoms. The molecule has 0 saturated heterocycles. The van der Waals surface area contributed by atoms with Crippen molar-refractivity contribution in [3.63, 3.8) is 0 Å². The van der Waals surface area contributed by atoms with E-state index in [4.69, 9.17) is 23.2 Å². The first-order chi connectivity index (χ1) is 20.4. The summed E-state index contributed by atoms with van der Waals surface area (Å²) in [5, 5.41) is 3.90. The van der Waals surface area contributed by atoms with E-state index < -0.39 is 28.5 Å². The van der Waals surface area contributed by atoms with Gasteiger partial charge in [-0.15, -0.1) is 0 Å². The normalized spacial score (nSPS) is 14.6. The molecule has 3 aromatic carbocycles. The van der Waals surface area contributed by atoms with Gasteiger partial charge in [0.1, 0.15) is 12.6 Å². The van der Waals surface area contributed by atoms with Gasteiger partial charge >= 0.3 is 0 Å². The molecule has 1 atom stereocenters. The summed E-state index contributed by atoms with van der Waals surface area (Å²) in [5.41, 5.74) is 3.46. The lowest BCUT2D eigenvalue weighted by Crippen LogP contribution is -2.55. The van der Waals surface area contributed by atoms with Crippen molar-refractivity contribution in [2.24, 2.45) is 0 Å². The van der Waals surface area contributed by atoms with Crippen LogP contribution in [0.15, 0.2) is 66.7 Å². The maximum Gasteiger partial charge on any atom is 0.244 e. The molecular weight excluding hydrogens is 605 g/mol. The summed E-state index contributed by atoms with van der Waals surface area (Å²) in [6.07, 6.45) is 6.35. The van der Waals surface area contributed by atoms with Crippen molar-refractivity contribution in [3.05, 3.63) is 99.0 Å². The second-order valence-electron chi connectivity index (χ2n) is 11.3. The first kappa shape index (κ1) is 32.8. The number of carbonyl (C=O) groups is 2. The van der Waals surface area contributed by atoms with Gasteiger partial charge in [-0.3, -0.25) is 13.9 Å². The molecule has 1 unspecified atom stereocenters. The zero-order chi connectivity index (χ0) is 31.1. The molecule has 1 aliphatic carbocycles. The van der Waals surface area contributed by atoms with Crippen molar-refractivity contribution < 1.29 is 18.0 Å². The van der Waals surface area contributed by atoms with Crippen molar-refractivity contribution in [2.75, 3.05) is 17.1 Å². The highest BCUT2D eigenvalue weighted by Gasteiger charge is 2.34. The Morgan fingerprint density at radius 1 is 0.884 bits per heavy atom. The lowest BCUT2D eigenvalue weighted by atomic mass is 9.94. The van der Waals surface area contributed by atoms with Crippen molar-refractivity contribution in [2.45, 2.75) is 71.0 Å². The molecule has 2 amide bonds. The highest BCUT2D eigenvalue weighted by Crippen LogP contribution is 2.28. The molecular formula is C33H39Cl2N3O4S. The Morgan fingerprint density at radius 3 is 2.14 bits per heavy atom. The summed E-state index contributed by atoms with van der Waals surface area (Å²) < 4.78 is 27.4. The van der Waals surface area contributed by atoms with Crippen LogP contribution < -0.4 is 9.62 Å². The van der Waals surface area contributed by atoms with Crippen LogP contribution in [0.4, 0.5) is 5.69 Å². The van der Waals surface area contributed by atoms with Gasteiger partial charge in [-0.2, -0.15) is 0 Å². The van der Waals surface area contributed by atoms with Gasteiger partial charge in [0, 0.05) is 19.0 Å². The van der Waals surface area contributed by atoms with E-state index in [-0.39, 0.29) is 24.9 Å². The quantitative estimate of drug-likeness (QED) is 0.260. The average Bonchev–Trinajstić information content (AvgIpc) is 2.96. The van der Waals surface area contributed by atoms with Gasteiger partial charge in [-0.1, -0.05) is 97.1 Å². The maximum absolute atomic E-state index is 14.4. The van der Waals surface area contributed by atoms with Gasteiger partial charge in [0.2, 0.25) is 21.8 Å².